The minimum absolute atomic E-state index is 0.0216. The van der Waals surface area contributed by atoms with E-state index < -0.39 is 72.4 Å². The molecule has 0 spiro atoms. The smallest absolute Gasteiger partial charge is 0.326 e. The number of nitrogens with one attached hydrogen (secondary N) is 2. The third kappa shape index (κ3) is 11.6. The Kier molecular flexibility index (Phi) is 15.6. The van der Waals surface area contributed by atoms with E-state index in [0.29, 0.717) is 37.2 Å². The van der Waals surface area contributed by atoms with Gasteiger partial charge in [0.1, 0.15) is 42.6 Å². The molecule has 3 rings (SSSR count). The van der Waals surface area contributed by atoms with Crippen LogP contribution in [0.5, 0.6) is 5.75 Å². The Labute approximate surface area is 299 Å². The Morgan fingerprint density at radius 1 is 0.980 bits per heavy atom. The maximum Gasteiger partial charge on any atom is 0.326 e. The molecule has 1 fully saturated rings. The summed E-state index contributed by atoms with van der Waals surface area (Å²) in [4.78, 5) is 68.5. The molecule has 0 aliphatic carbocycles. The van der Waals surface area contributed by atoms with Crippen LogP contribution < -0.4 is 15.4 Å². The third-order valence-corrected chi connectivity index (χ3v) is 9.13. The number of ether oxygens (including phenoxy) is 1. The van der Waals surface area contributed by atoms with Crippen LogP contribution in [0, 0.1) is 5.92 Å². The largest absolute Gasteiger partial charge is 0.490 e. The van der Waals surface area contributed by atoms with E-state index in [4.69, 9.17) is 4.74 Å². The number of hydrogen-bond donors (Lipinski definition) is 5. The highest BCUT2D eigenvalue weighted by Gasteiger charge is 2.40. The summed E-state index contributed by atoms with van der Waals surface area (Å²) >= 11 is 0. The molecule has 4 amide bonds. The number of aliphatic hydroxyl groups excluding tert-OH is 2. The number of carboxylic acids is 1. The number of rotatable bonds is 18. The number of hydrogen-bond acceptors (Lipinski definition) is 8. The van der Waals surface area contributed by atoms with Gasteiger partial charge in [0, 0.05) is 26.4 Å². The molecule has 0 radical (unpaired) electrons. The van der Waals surface area contributed by atoms with Gasteiger partial charge in [-0.1, -0.05) is 68.3 Å². The van der Waals surface area contributed by atoms with Gasteiger partial charge in [-0.05, 0) is 61.9 Å². The number of aliphatic hydroxyl groups is 2. The Hall–Kier alpha value is -4.75. The Morgan fingerprint density at radius 2 is 1.63 bits per heavy atom. The zero-order valence-corrected chi connectivity index (χ0v) is 30.1. The predicted octanol–water partition coefficient (Wildman–Crippen LogP) is 2.09. The topological polar surface area (TPSA) is 186 Å². The SMILES string of the molecule is CC[C@H](C)[C@@H](C(=O)N[C@@H](Cc1ccc(OCC=C(C)C)cc1)C(=O)O)N(C)C(=O)[C@H](CO)NC(=O)[C@@H]1CCCN1C(=O)C(O)Cc1ccccc1. The molecule has 1 heterocycles. The second kappa shape index (κ2) is 19.6. The average Bonchev–Trinajstić information content (AvgIpc) is 3.60. The van der Waals surface area contributed by atoms with E-state index in [0.717, 1.165) is 16.0 Å². The van der Waals surface area contributed by atoms with E-state index in [9.17, 15) is 39.3 Å². The summed E-state index contributed by atoms with van der Waals surface area (Å²) in [5, 5.41) is 35.9. The normalized spacial score (nSPS) is 16.9. The molecule has 13 nitrogen and oxygen atoms in total. The standard InChI is InChI=1S/C38H52N4O9/c1-6-25(4)33(35(46)39-29(38(49)50)21-27-14-16-28(17-15-27)51-20-18-24(2)3)41(5)36(47)30(23-43)40-34(45)31-13-10-19-42(31)37(48)32(44)22-26-11-8-7-9-12-26/h7-9,11-12,14-18,25,29-33,43-44H,6,10,13,19-23H2,1-5H3,(H,39,46)(H,40,45)(H,49,50)/t25-,29-,30-,31-,32?,33-/m0/s1. The van der Waals surface area contributed by atoms with Crippen molar-refractivity contribution in [1.82, 2.24) is 20.4 Å². The van der Waals surface area contributed by atoms with Crippen molar-refractivity contribution in [1.29, 1.82) is 0 Å². The zero-order chi connectivity index (χ0) is 37.7. The van der Waals surface area contributed by atoms with Crippen LogP contribution in [0.15, 0.2) is 66.2 Å². The highest BCUT2D eigenvalue weighted by molar-refractivity contribution is 5.95. The van der Waals surface area contributed by atoms with Gasteiger partial charge in [0.15, 0.2) is 0 Å². The molecule has 0 bridgehead atoms. The van der Waals surface area contributed by atoms with E-state index in [-0.39, 0.29) is 19.4 Å². The molecule has 51 heavy (non-hydrogen) atoms. The molecule has 0 saturated carbocycles. The van der Waals surface area contributed by atoms with Crippen molar-refractivity contribution in [3.05, 3.63) is 77.4 Å². The minimum atomic E-state index is -1.44. The van der Waals surface area contributed by atoms with Gasteiger partial charge in [0.2, 0.25) is 17.7 Å². The summed E-state index contributed by atoms with van der Waals surface area (Å²) in [7, 11) is 1.36. The Morgan fingerprint density at radius 3 is 2.22 bits per heavy atom. The molecular formula is C38H52N4O9. The maximum atomic E-state index is 13.7. The van der Waals surface area contributed by atoms with Gasteiger partial charge in [-0.25, -0.2) is 4.79 Å². The minimum Gasteiger partial charge on any atom is -0.490 e. The highest BCUT2D eigenvalue weighted by Crippen LogP contribution is 2.21. The fourth-order valence-electron chi connectivity index (χ4n) is 6.01. The number of likely N-dealkylation sites (tertiary alicyclic amines) is 1. The van der Waals surface area contributed by atoms with Crippen molar-refractivity contribution >= 4 is 29.6 Å². The van der Waals surface area contributed by atoms with Crippen LogP contribution in [0.2, 0.25) is 0 Å². The van der Waals surface area contributed by atoms with E-state index >= 15 is 0 Å². The summed E-state index contributed by atoms with van der Waals surface area (Å²) in [5.74, 6) is -3.80. The fourth-order valence-corrected chi connectivity index (χ4v) is 6.01. The first-order valence-corrected chi connectivity index (χ1v) is 17.4. The number of carboxylic acid groups (broad SMARTS) is 1. The van der Waals surface area contributed by atoms with E-state index in [2.05, 4.69) is 10.6 Å². The lowest BCUT2D eigenvalue weighted by molar-refractivity contribution is -0.148. The van der Waals surface area contributed by atoms with Crippen LogP contribution >= 0.6 is 0 Å². The highest BCUT2D eigenvalue weighted by atomic mass is 16.5. The van der Waals surface area contributed by atoms with E-state index in [1.165, 1.54) is 11.9 Å². The zero-order valence-electron chi connectivity index (χ0n) is 30.1. The lowest BCUT2D eigenvalue weighted by Crippen LogP contribution is -2.60. The molecule has 2 aromatic carbocycles. The molecule has 1 aliphatic heterocycles. The summed E-state index contributed by atoms with van der Waals surface area (Å²) in [6.45, 7) is 7.35. The summed E-state index contributed by atoms with van der Waals surface area (Å²) < 4.78 is 5.66. The van der Waals surface area contributed by atoms with Gasteiger partial charge in [0.05, 0.1) is 6.61 Å². The summed E-state index contributed by atoms with van der Waals surface area (Å²) in [6, 6.07) is 11.0. The number of allylic oxidation sites excluding steroid dienone is 1. The van der Waals surface area contributed by atoms with E-state index in [1.54, 1.807) is 55.5 Å². The summed E-state index contributed by atoms with van der Waals surface area (Å²) in [5.41, 5.74) is 2.53. The molecule has 13 heteroatoms. The maximum absolute atomic E-state index is 13.7. The molecule has 1 saturated heterocycles. The molecule has 1 unspecified atom stereocenters. The molecule has 0 aromatic heterocycles. The second-order valence-corrected chi connectivity index (χ2v) is 13.3. The van der Waals surface area contributed by atoms with Crippen molar-refractivity contribution in [2.45, 2.75) is 90.1 Å². The monoisotopic (exact) mass is 708 g/mol. The van der Waals surface area contributed by atoms with Crippen molar-refractivity contribution in [3.63, 3.8) is 0 Å². The van der Waals surface area contributed by atoms with Crippen molar-refractivity contribution in [2.75, 3.05) is 26.8 Å². The molecular weight excluding hydrogens is 656 g/mol. The van der Waals surface area contributed by atoms with Crippen LogP contribution in [0.25, 0.3) is 0 Å². The number of carbonyl (C=O) groups is 5. The second-order valence-electron chi connectivity index (χ2n) is 13.3. The Bertz CT molecular complexity index is 1510. The first kappa shape index (κ1) is 40.7. The predicted molar refractivity (Wildman–Crippen MR) is 191 cm³/mol. The van der Waals surface area contributed by atoms with Crippen LogP contribution in [0.1, 0.15) is 58.1 Å². The molecule has 1 aliphatic rings. The molecule has 5 N–H and O–H groups in total. The Balaban J connectivity index is 1.67. The van der Waals surface area contributed by atoms with Crippen LogP contribution in [-0.2, 0) is 36.8 Å². The van der Waals surface area contributed by atoms with Crippen LogP contribution in [0.4, 0.5) is 0 Å². The lowest BCUT2D eigenvalue weighted by Gasteiger charge is -2.35. The average molecular weight is 709 g/mol. The third-order valence-electron chi connectivity index (χ3n) is 9.13. The van der Waals surface area contributed by atoms with Crippen molar-refractivity contribution in [3.8, 4) is 5.75 Å². The fraction of sp³-hybridized carbons (Fsp3) is 0.500. The van der Waals surface area contributed by atoms with Gasteiger partial charge in [-0.2, -0.15) is 0 Å². The number of carbonyl (C=O) groups excluding carboxylic acids is 4. The van der Waals surface area contributed by atoms with Crippen LogP contribution in [0.3, 0.4) is 0 Å². The molecule has 278 valence electrons. The molecule has 6 atom stereocenters. The van der Waals surface area contributed by atoms with Gasteiger partial charge >= 0.3 is 5.97 Å². The number of amides is 4. The first-order valence-electron chi connectivity index (χ1n) is 17.4. The first-order chi connectivity index (χ1) is 24.3. The number of aliphatic carboxylic acids is 1. The number of nitrogens with zero attached hydrogens (tertiary/aromatic N) is 2. The quantitative estimate of drug-likeness (QED) is 0.145. The number of benzene rings is 2. The van der Waals surface area contributed by atoms with Crippen molar-refractivity contribution < 1.29 is 44.0 Å². The van der Waals surface area contributed by atoms with Gasteiger partial charge in [-0.15, -0.1) is 0 Å². The summed E-state index contributed by atoms with van der Waals surface area (Å²) in [6.07, 6.45) is 1.90. The van der Waals surface area contributed by atoms with Crippen molar-refractivity contribution in [2.24, 2.45) is 5.92 Å². The number of likely N-dealkylation sites (N-methyl/N-ethyl adjacent to an activating group) is 1. The van der Waals surface area contributed by atoms with Gasteiger partial charge in [-0.3, -0.25) is 19.2 Å². The van der Waals surface area contributed by atoms with Gasteiger partial charge < -0.3 is 40.5 Å². The van der Waals surface area contributed by atoms with Gasteiger partial charge in [0.25, 0.3) is 5.91 Å². The van der Waals surface area contributed by atoms with E-state index in [1.807, 2.05) is 32.9 Å². The van der Waals surface area contributed by atoms with Crippen LogP contribution in [-0.4, -0.2) is 112 Å². The lowest BCUT2D eigenvalue weighted by atomic mass is 9.95. The molecule has 2 aromatic rings.